The zero-order valence-electron chi connectivity index (χ0n) is 25.3. The van der Waals surface area contributed by atoms with Crippen LogP contribution < -0.4 is 4.90 Å². The van der Waals surface area contributed by atoms with Crippen LogP contribution in [0.5, 0.6) is 0 Å². The van der Waals surface area contributed by atoms with Crippen molar-refractivity contribution in [1.82, 2.24) is 19.9 Å². The van der Waals surface area contributed by atoms with Gasteiger partial charge in [0.05, 0.1) is 22.1 Å². The number of fused-ring (bicyclic) bond motifs is 2. The van der Waals surface area contributed by atoms with E-state index in [1.165, 1.54) is 55.5 Å². The maximum absolute atomic E-state index is 4.81. The molecule has 0 saturated carbocycles. The molecule has 2 heterocycles. The van der Waals surface area contributed by atoms with E-state index in [4.69, 9.17) is 9.97 Å². The normalized spacial score (nSPS) is 11.7. The molecule has 0 unspecified atom stereocenters. The Morgan fingerprint density at radius 3 is 1.29 bits per heavy atom. The quantitative estimate of drug-likeness (QED) is 0.262. The van der Waals surface area contributed by atoms with E-state index in [1.807, 2.05) is 0 Å². The van der Waals surface area contributed by atoms with Gasteiger partial charge in [-0.05, 0) is 121 Å². The minimum absolute atomic E-state index is 0. The number of H-pyrrole nitrogens is 2. The second kappa shape index (κ2) is 11.1. The fraction of sp³-hybridized carbons (Fsp3) is 0.576. The van der Waals surface area contributed by atoms with Crippen molar-refractivity contribution in [3.8, 4) is 0 Å². The van der Waals surface area contributed by atoms with Crippen molar-refractivity contribution in [3.05, 3.63) is 50.3 Å². The molecule has 38 heavy (non-hydrogen) atoms. The van der Waals surface area contributed by atoms with Crippen molar-refractivity contribution in [3.63, 3.8) is 0 Å². The monoisotopic (exact) mass is 521 g/mol. The largest absolute Gasteiger partial charge is 0.341 e. The predicted molar refractivity (Wildman–Crippen MR) is 170 cm³/mol. The molecule has 0 aliphatic carbocycles. The molecule has 0 amide bonds. The van der Waals surface area contributed by atoms with Gasteiger partial charge in [0.25, 0.3) is 0 Å². The molecule has 0 saturated heterocycles. The Morgan fingerprint density at radius 1 is 0.526 bits per heavy atom. The summed E-state index contributed by atoms with van der Waals surface area (Å²) in [6, 6.07) is 0. The first-order valence-electron chi connectivity index (χ1n) is 13.0. The molecule has 2 N–H and O–H groups in total. The van der Waals surface area contributed by atoms with Crippen LogP contribution in [0.25, 0.3) is 22.1 Å². The zero-order valence-corrected chi connectivity index (χ0v) is 25.3. The van der Waals surface area contributed by atoms with Gasteiger partial charge in [-0.3, -0.25) is 0 Å². The number of nitrogens with one attached hydrogen (secondary N) is 2. The van der Waals surface area contributed by atoms with E-state index in [9.17, 15) is 0 Å². The molecule has 212 valence electrons. The number of aromatic nitrogens is 4. The molecule has 0 fully saturated rings. The summed E-state index contributed by atoms with van der Waals surface area (Å²) in [5, 5.41) is 0. The number of nitrogens with zero attached hydrogens (tertiary/aromatic N) is 3. The number of benzene rings is 2. The van der Waals surface area contributed by atoms with Crippen LogP contribution in [0.1, 0.15) is 107 Å². The van der Waals surface area contributed by atoms with E-state index < -0.39 is 0 Å². The highest BCUT2D eigenvalue weighted by molar-refractivity contribution is 5.87. The summed E-state index contributed by atoms with van der Waals surface area (Å²) < 4.78 is 0. The van der Waals surface area contributed by atoms with Crippen molar-refractivity contribution in [2.45, 2.75) is 123 Å². The summed E-state index contributed by atoms with van der Waals surface area (Å²) in [5.41, 5.74) is 15.4. The van der Waals surface area contributed by atoms with Gasteiger partial charge in [-0.1, -0.05) is 35.6 Å². The first kappa shape index (κ1) is 33.2. The highest BCUT2D eigenvalue weighted by atomic mass is 15.3. The molecule has 0 spiro atoms. The van der Waals surface area contributed by atoms with Crippen molar-refractivity contribution in [2.75, 3.05) is 11.9 Å². The lowest BCUT2D eigenvalue weighted by atomic mass is 9.96. The minimum atomic E-state index is 0. The Balaban J connectivity index is 0.000000363. The maximum atomic E-state index is 4.81. The molecule has 2 aromatic carbocycles. The number of aromatic amines is 2. The van der Waals surface area contributed by atoms with Gasteiger partial charge in [0, 0.05) is 18.0 Å². The summed E-state index contributed by atoms with van der Waals surface area (Å²) >= 11 is 0. The lowest BCUT2D eigenvalue weighted by Crippen LogP contribution is -2.38. The third-order valence-electron chi connectivity index (χ3n) is 8.26. The molecule has 5 heteroatoms. The van der Waals surface area contributed by atoms with Crippen LogP contribution in [0.4, 0.5) is 5.95 Å². The van der Waals surface area contributed by atoms with Crippen molar-refractivity contribution in [1.29, 1.82) is 0 Å². The summed E-state index contributed by atoms with van der Waals surface area (Å²) in [4.78, 5) is 18.8. The van der Waals surface area contributed by atoms with Crippen LogP contribution in [-0.2, 0) is 5.41 Å². The first-order chi connectivity index (χ1) is 16.4. The zero-order chi connectivity index (χ0) is 27.5. The molecule has 0 atom stereocenters. The fourth-order valence-electron chi connectivity index (χ4n) is 4.51. The SMILES string of the molecule is C.C.Cc1c(C)c(C)c2[nH]c(C(C)(C)C)nc2c1C.Cc1c(C)c(C)c2[nH]c(N(C)C(C)(C)C)nc2c1C. The Kier molecular flexibility index (Phi) is 9.71. The molecule has 0 bridgehead atoms. The predicted octanol–water partition coefficient (Wildman–Crippen LogP) is 9.40. The first-order valence-corrected chi connectivity index (χ1v) is 13.0. The van der Waals surface area contributed by atoms with Crippen LogP contribution in [0, 0.1) is 55.4 Å². The second-order valence-corrected chi connectivity index (χ2v) is 12.6. The number of hydrogen-bond acceptors (Lipinski definition) is 3. The Bertz CT molecular complexity index is 1350. The van der Waals surface area contributed by atoms with E-state index >= 15 is 0 Å². The molecule has 0 aliphatic rings. The van der Waals surface area contributed by atoms with Crippen LogP contribution in [0.3, 0.4) is 0 Å². The lowest BCUT2D eigenvalue weighted by Gasteiger charge is -2.31. The second-order valence-electron chi connectivity index (χ2n) is 12.6. The van der Waals surface area contributed by atoms with Gasteiger partial charge in [-0.25, -0.2) is 9.97 Å². The van der Waals surface area contributed by atoms with E-state index in [0.29, 0.717) is 0 Å². The minimum Gasteiger partial charge on any atom is -0.341 e. The van der Waals surface area contributed by atoms with Gasteiger partial charge in [-0.2, -0.15) is 0 Å². The third kappa shape index (κ3) is 5.77. The molecule has 4 rings (SSSR count). The smallest absolute Gasteiger partial charge is 0.204 e. The highest BCUT2D eigenvalue weighted by Crippen LogP contribution is 2.31. The van der Waals surface area contributed by atoms with Crippen LogP contribution in [0.15, 0.2) is 0 Å². The Labute approximate surface area is 232 Å². The summed E-state index contributed by atoms with van der Waals surface area (Å²) in [5.74, 6) is 2.02. The standard InChI is InChI=1S/C16H25N3.C15H22N2.2CH4/c1-9-10(2)12(4)14-13(11(9)3)17-15(18-14)19(8)16(5,6)7;1-8-9(2)11(4)13-12(10(8)3)16-14(17-13)15(5,6)7;;/h1-8H3,(H,17,18);1-7H3,(H,16,17);2*1H4. The molecular formula is C33H55N5. The molecule has 5 nitrogen and oxygen atoms in total. The van der Waals surface area contributed by atoms with E-state index in [0.717, 1.165) is 22.8 Å². The molecular weight excluding hydrogens is 466 g/mol. The topological polar surface area (TPSA) is 60.6 Å². The summed E-state index contributed by atoms with van der Waals surface area (Å²) in [6.07, 6.45) is 0. The van der Waals surface area contributed by atoms with Crippen LogP contribution >= 0.6 is 0 Å². The lowest BCUT2D eigenvalue weighted by molar-refractivity contribution is 0.530. The molecule has 2 aromatic heterocycles. The fourth-order valence-corrected chi connectivity index (χ4v) is 4.51. The van der Waals surface area contributed by atoms with E-state index in [-0.39, 0.29) is 25.8 Å². The summed E-state index contributed by atoms with van der Waals surface area (Å²) in [6.45, 7) is 30.5. The number of anilines is 1. The average molecular weight is 522 g/mol. The van der Waals surface area contributed by atoms with E-state index in [1.54, 1.807) is 0 Å². The number of imidazole rings is 2. The number of aryl methyl sites for hydroxylation is 4. The van der Waals surface area contributed by atoms with Crippen molar-refractivity contribution in [2.24, 2.45) is 0 Å². The number of hydrogen-bond donors (Lipinski definition) is 2. The average Bonchev–Trinajstić information content (AvgIpc) is 3.43. The molecule has 4 aromatic rings. The number of rotatable bonds is 1. The van der Waals surface area contributed by atoms with Crippen molar-refractivity contribution < 1.29 is 0 Å². The van der Waals surface area contributed by atoms with Gasteiger partial charge < -0.3 is 14.9 Å². The molecule has 0 radical (unpaired) electrons. The molecule has 0 aliphatic heterocycles. The van der Waals surface area contributed by atoms with Gasteiger partial charge in [0.15, 0.2) is 0 Å². The Morgan fingerprint density at radius 2 is 0.895 bits per heavy atom. The van der Waals surface area contributed by atoms with Gasteiger partial charge >= 0.3 is 0 Å². The maximum Gasteiger partial charge on any atom is 0.204 e. The summed E-state index contributed by atoms with van der Waals surface area (Å²) in [7, 11) is 2.09. The van der Waals surface area contributed by atoms with Crippen molar-refractivity contribution >= 4 is 28.0 Å². The third-order valence-corrected chi connectivity index (χ3v) is 8.26. The Hall–Kier alpha value is -2.82. The van der Waals surface area contributed by atoms with Gasteiger partial charge in [0.1, 0.15) is 5.82 Å². The van der Waals surface area contributed by atoms with Gasteiger partial charge in [-0.15, -0.1) is 0 Å². The highest BCUT2D eigenvalue weighted by Gasteiger charge is 2.23. The van der Waals surface area contributed by atoms with Crippen LogP contribution in [-0.4, -0.2) is 32.5 Å². The van der Waals surface area contributed by atoms with E-state index in [2.05, 4.69) is 119 Å². The van der Waals surface area contributed by atoms with Crippen LogP contribution in [0.2, 0.25) is 0 Å². The van der Waals surface area contributed by atoms with Gasteiger partial charge in [0.2, 0.25) is 5.95 Å².